The van der Waals surface area contributed by atoms with Crippen LogP contribution < -0.4 is 0 Å². The first-order valence-electron chi connectivity index (χ1n) is 7.64. The second-order valence-electron chi connectivity index (χ2n) is 6.50. The van der Waals surface area contributed by atoms with Gasteiger partial charge in [-0.15, -0.1) is 0 Å². The van der Waals surface area contributed by atoms with Crippen LogP contribution in [0.25, 0.3) is 16.8 Å². The molecule has 2 heteroatoms. The van der Waals surface area contributed by atoms with Crippen LogP contribution in [0.2, 0.25) is 0 Å². The molecule has 2 aromatic rings. The molecular formula is C19H22OS. The van der Waals surface area contributed by atoms with Crippen LogP contribution in [0.5, 0.6) is 0 Å². The minimum atomic E-state index is -0.958. The molecule has 0 N–H and O–H groups in total. The first kappa shape index (κ1) is 14.5. The third-order valence-corrected chi connectivity index (χ3v) is 6.31. The second kappa shape index (κ2) is 5.42. The highest BCUT2D eigenvalue weighted by atomic mass is 32.2. The summed E-state index contributed by atoms with van der Waals surface area (Å²) in [7, 11) is -0.958. The summed E-state index contributed by atoms with van der Waals surface area (Å²) in [5, 5.41) is 2.53. The Balaban J connectivity index is 2.25. The van der Waals surface area contributed by atoms with Gasteiger partial charge in [-0.2, -0.15) is 0 Å². The van der Waals surface area contributed by atoms with Crippen LogP contribution in [0.15, 0.2) is 46.9 Å². The van der Waals surface area contributed by atoms with Crippen molar-refractivity contribution in [1.29, 1.82) is 0 Å². The molecule has 0 fully saturated rings. The van der Waals surface area contributed by atoms with Crippen LogP contribution in [-0.2, 0) is 10.8 Å². The maximum absolute atomic E-state index is 13.1. The van der Waals surface area contributed by atoms with Gasteiger partial charge < -0.3 is 0 Å². The lowest BCUT2D eigenvalue weighted by Crippen LogP contribution is -2.29. The van der Waals surface area contributed by atoms with E-state index in [9.17, 15) is 4.21 Å². The predicted molar refractivity (Wildman–Crippen MR) is 91.8 cm³/mol. The standard InChI is InChI=1S/C19H22OS/c1-12(2)17-10-16-9-14-7-5-6-8-15(14)11-18(16)21(20)19(17)13(3)4/h5-13,19H,1-4H3. The summed E-state index contributed by atoms with van der Waals surface area (Å²) in [6.07, 6.45) is 2.28. The van der Waals surface area contributed by atoms with Crippen molar-refractivity contribution in [2.45, 2.75) is 37.8 Å². The summed E-state index contributed by atoms with van der Waals surface area (Å²) in [6.45, 7) is 8.74. The highest BCUT2D eigenvalue weighted by Crippen LogP contribution is 2.38. The summed E-state index contributed by atoms with van der Waals surface area (Å²) in [5.41, 5.74) is 2.46. The summed E-state index contributed by atoms with van der Waals surface area (Å²) >= 11 is 0. The molecule has 0 aromatic heterocycles. The third-order valence-electron chi connectivity index (χ3n) is 4.25. The van der Waals surface area contributed by atoms with Crippen molar-refractivity contribution < 1.29 is 4.21 Å². The van der Waals surface area contributed by atoms with E-state index < -0.39 is 10.8 Å². The summed E-state index contributed by atoms with van der Waals surface area (Å²) in [4.78, 5) is 0.997. The van der Waals surface area contributed by atoms with Gasteiger partial charge in [0.15, 0.2) is 0 Å². The zero-order chi connectivity index (χ0) is 15.1. The van der Waals surface area contributed by atoms with Crippen molar-refractivity contribution in [1.82, 2.24) is 0 Å². The Labute approximate surface area is 129 Å². The molecule has 3 rings (SSSR count). The van der Waals surface area contributed by atoms with Gasteiger partial charge >= 0.3 is 0 Å². The van der Waals surface area contributed by atoms with E-state index >= 15 is 0 Å². The topological polar surface area (TPSA) is 17.1 Å². The van der Waals surface area contributed by atoms with E-state index in [4.69, 9.17) is 0 Å². The molecule has 2 aromatic carbocycles. The van der Waals surface area contributed by atoms with Gasteiger partial charge in [0.25, 0.3) is 0 Å². The van der Waals surface area contributed by atoms with E-state index in [1.54, 1.807) is 0 Å². The van der Waals surface area contributed by atoms with Crippen LogP contribution in [0.1, 0.15) is 33.3 Å². The van der Waals surface area contributed by atoms with E-state index in [2.05, 4.69) is 64.1 Å². The Morgan fingerprint density at radius 1 is 1.00 bits per heavy atom. The van der Waals surface area contributed by atoms with Gasteiger partial charge in [-0.1, -0.05) is 63.6 Å². The molecule has 0 bridgehead atoms. The Morgan fingerprint density at radius 2 is 1.62 bits per heavy atom. The lowest BCUT2D eigenvalue weighted by Gasteiger charge is -2.30. The molecule has 0 spiro atoms. The number of fused-ring (bicyclic) bond motifs is 2. The van der Waals surface area contributed by atoms with Gasteiger partial charge in [-0.25, -0.2) is 0 Å². The largest absolute Gasteiger partial charge is 0.254 e. The van der Waals surface area contributed by atoms with Crippen molar-refractivity contribution in [3.8, 4) is 0 Å². The van der Waals surface area contributed by atoms with Crippen molar-refractivity contribution in [2.75, 3.05) is 0 Å². The molecule has 21 heavy (non-hydrogen) atoms. The minimum absolute atomic E-state index is 0.138. The van der Waals surface area contributed by atoms with E-state index in [0.717, 1.165) is 10.5 Å². The van der Waals surface area contributed by atoms with Crippen LogP contribution in [0.3, 0.4) is 0 Å². The Bertz CT molecular complexity index is 740. The summed E-state index contributed by atoms with van der Waals surface area (Å²) in [5.74, 6) is 0.820. The lowest BCUT2D eigenvalue weighted by molar-refractivity contribution is 0.578. The maximum atomic E-state index is 13.1. The predicted octanol–water partition coefficient (Wildman–Crippen LogP) is 5.03. The first-order chi connectivity index (χ1) is 9.99. The highest BCUT2D eigenvalue weighted by Gasteiger charge is 2.32. The van der Waals surface area contributed by atoms with Crippen LogP contribution in [0, 0.1) is 11.8 Å². The molecule has 2 unspecified atom stereocenters. The van der Waals surface area contributed by atoms with E-state index in [-0.39, 0.29) is 5.25 Å². The molecule has 0 saturated heterocycles. The van der Waals surface area contributed by atoms with Crippen molar-refractivity contribution >= 4 is 27.6 Å². The average molecular weight is 298 g/mol. The maximum Gasteiger partial charge on any atom is 0.0632 e. The van der Waals surface area contributed by atoms with E-state index in [1.807, 2.05) is 6.07 Å². The fraction of sp³-hybridized carbons (Fsp3) is 0.368. The van der Waals surface area contributed by atoms with E-state index in [0.29, 0.717) is 11.8 Å². The zero-order valence-corrected chi connectivity index (χ0v) is 13.9. The smallest absolute Gasteiger partial charge is 0.0632 e. The molecule has 0 saturated carbocycles. The Hall–Kier alpha value is -1.41. The molecule has 0 aliphatic carbocycles. The SMILES string of the molecule is CC(C)C1=Cc2cc3ccccc3cc2S(=O)C1C(C)C. The normalized spacial score (nSPS) is 21.7. The van der Waals surface area contributed by atoms with Gasteiger partial charge in [0.1, 0.15) is 0 Å². The average Bonchev–Trinajstić information content (AvgIpc) is 2.44. The van der Waals surface area contributed by atoms with E-state index in [1.165, 1.54) is 16.3 Å². The van der Waals surface area contributed by atoms with Gasteiger partial charge in [-0.05, 0) is 40.3 Å². The Morgan fingerprint density at radius 3 is 2.19 bits per heavy atom. The zero-order valence-electron chi connectivity index (χ0n) is 13.1. The van der Waals surface area contributed by atoms with Crippen molar-refractivity contribution in [3.63, 3.8) is 0 Å². The molecule has 110 valence electrons. The fourth-order valence-electron chi connectivity index (χ4n) is 3.17. The number of rotatable bonds is 2. The second-order valence-corrected chi connectivity index (χ2v) is 8.04. The first-order valence-corrected chi connectivity index (χ1v) is 8.85. The third kappa shape index (κ3) is 2.46. The number of hydrogen-bond donors (Lipinski definition) is 0. The Kier molecular flexibility index (Phi) is 3.75. The van der Waals surface area contributed by atoms with Gasteiger partial charge in [0.2, 0.25) is 0 Å². The molecule has 2 atom stereocenters. The minimum Gasteiger partial charge on any atom is -0.254 e. The molecule has 1 aliphatic rings. The van der Waals surface area contributed by atoms with Gasteiger partial charge in [0, 0.05) is 4.90 Å². The monoisotopic (exact) mass is 298 g/mol. The number of hydrogen-bond acceptors (Lipinski definition) is 1. The summed E-state index contributed by atoms with van der Waals surface area (Å²) < 4.78 is 13.1. The number of benzene rings is 2. The highest BCUT2D eigenvalue weighted by molar-refractivity contribution is 7.86. The van der Waals surface area contributed by atoms with Crippen molar-refractivity contribution in [2.24, 2.45) is 11.8 Å². The van der Waals surface area contributed by atoms with Crippen molar-refractivity contribution in [3.05, 3.63) is 47.5 Å². The molecule has 0 amide bonds. The molecule has 1 nitrogen and oxygen atoms in total. The quantitative estimate of drug-likeness (QED) is 0.760. The van der Waals surface area contributed by atoms with Crippen LogP contribution in [0.4, 0.5) is 0 Å². The molecule has 1 aliphatic heterocycles. The molecule has 0 radical (unpaired) electrons. The van der Waals surface area contributed by atoms with Crippen LogP contribution in [-0.4, -0.2) is 9.46 Å². The van der Waals surface area contributed by atoms with Gasteiger partial charge in [0.05, 0.1) is 16.0 Å². The van der Waals surface area contributed by atoms with Gasteiger partial charge in [-0.3, -0.25) is 4.21 Å². The summed E-state index contributed by atoms with van der Waals surface area (Å²) in [6, 6.07) is 12.6. The fourth-order valence-corrected chi connectivity index (χ4v) is 5.12. The molecule has 1 heterocycles. The van der Waals surface area contributed by atoms with Crippen LogP contribution >= 0.6 is 0 Å². The molecular weight excluding hydrogens is 276 g/mol. The lowest BCUT2D eigenvalue weighted by atomic mass is 9.90.